The Balaban J connectivity index is 1.56. The summed E-state index contributed by atoms with van der Waals surface area (Å²) in [6.45, 7) is 8.24. The first-order valence-corrected chi connectivity index (χ1v) is 10.2. The summed E-state index contributed by atoms with van der Waals surface area (Å²) in [4.78, 5) is 30.5. The van der Waals surface area contributed by atoms with Gasteiger partial charge in [-0.25, -0.2) is 4.98 Å². The molecule has 152 valence electrons. The van der Waals surface area contributed by atoms with E-state index >= 15 is 0 Å². The molecule has 29 heavy (non-hydrogen) atoms. The zero-order chi connectivity index (χ0) is 21.0. The smallest absolute Gasteiger partial charge is 0.294 e. The molecule has 0 spiro atoms. The quantitative estimate of drug-likeness (QED) is 0.572. The van der Waals surface area contributed by atoms with Crippen LogP contribution in [0.25, 0.3) is 0 Å². The van der Waals surface area contributed by atoms with E-state index < -0.39 is 5.91 Å². The number of hydrogen-bond donors (Lipinski definition) is 2. The predicted molar refractivity (Wildman–Crippen MR) is 113 cm³/mol. The maximum atomic E-state index is 12.5. The van der Waals surface area contributed by atoms with Crippen LogP contribution in [0.2, 0.25) is 0 Å². The van der Waals surface area contributed by atoms with Crippen LogP contribution >= 0.6 is 11.3 Å². The van der Waals surface area contributed by atoms with Gasteiger partial charge in [-0.15, -0.1) is 11.3 Å². The van der Waals surface area contributed by atoms with Gasteiger partial charge >= 0.3 is 0 Å². The molecule has 0 aliphatic heterocycles. The fourth-order valence-corrected chi connectivity index (χ4v) is 3.72. The Morgan fingerprint density at radius 2 is 1.90 bits per heavy atom. The Hall–Kier alpha value is -3.00. The van der Waals surface area contributed by atoms with Crippen molar-refractivity contribution in [3.8, 4) is 0 Å². The van der Waals surface area contributed by atoms with E-state index in [0.29, 0.717) is 23.5 Å². The van der Waals surface area contributed by atoms with Crippen LogP contribution in [0.3, 0.4) is 0 Å². The number of benzene rings is 1. The molecule has 0 fully saturated rings. The summed E-state index contributed by atoms with van der Waals surface area (Å²) >= 11 is 1.70. The number of thiazole rings is 1. The molecule has 0 atom stereocenters. The zero-order valence-electron chi connectivity index (χ0n) is 17.0. The van der Waals surface area contributed by atoms with Crippen molar-refractivity contribution in [2.24, 2.45) is 0 Å². The van der Waals surface area contributed by atoms with Gasteiger partial charge in [-0.2, -0.15) is 0 Å². The number of nitrogens with zero attached hydrogens (tertiary/aromatic N) is 2. The second-order valence-electron chi connectivity index (χ2n) is 6.93. The second-order valence-corrected chi connectivity index (χ2v) is 8.21. The maximum Gasteiger partial charge on any atom is 0.294 e. The molecule has 0 saturated heterocycles. The third-order valence-electron chi connectivity index (χ3n) is 4.53. The Kier molecular flexibility index (Phi) is 6.43. The van der Waals surface area contributed by atoms with Crippen molar-refractivity contribution in [1.82, 2.24) is 15.5 Å². The lowest BCUT2D eigenvalue weighted by Gasteiger charge is -2.10. The molecule has 7 nitrogen and oxygen atoms in total. The van der Waals surface area contributed by atoms with Crippen molar-refractivity contribution in [1.29, 1.82) is 0 Å². The molecule has 2 N–H and O–H groups in total. The third-order valence-corrected chi connectivity index (χ3v) is 5.66. The summed E-state index contributed by atoms with van der Waals surface area (Å²) in [6.07, 6.45) is 1.66. The van der Waals surface area contributed by atoms with Gasteiger partial charge in [0.15, 0.2) is 0 Å². The van der Waals surface area contributed by atoms with Gasteiger partial charge in [-0.1, -0.05) is 11.2 Å². The first-order chi connectivity index (χ1) is 13.8. The number of rotatable bonds is 7. The van der Waals surface area contributed by atoms with Crippen molar-refractivity contribution >= 4 is 28.8 Å². The number of anilines is 1. The van der Waals surface area contributed by atoms with Gasteiger partial charge in [-0.05, 0) is 51.8 Å². The van der Waals surface area contributed by atoms with Gasteiger partial charge in [0.2, 0.25) is 5.76 Å². The summed E-state index contributed by atoms with van der Waals surface area (Å²) in [5, 5.41) is 10.5. The topological polar surface area (TPSA) is 97.1 Å². The Labute approximate surface area is 173 Å². The van der Waals surface area contributed by atoms with Gasteiger partial charge in [0.25, 0.3) is 11.8 Å². The summed E-state index contributed by atoms with van der Waals surface area (Å²) in [6, 6.07) is 6.77. The maximum absolute atomic E-state index is 12.5. The number of carbonyl (C=O) groups is 2. The van der Waals surface area contributed by atoms with Gasteiger partial charge in [0, 0.05) is 35.2 Å². The number of hydrogen-bond acceptors (Lipinski definition) is 6. The van der Waals surface area contributed by atoms with Gasteiger partial charge < -0.3 is 15.2 Å². The minimum atomic E-state index is -0.403. The van der Waals surface area contributed by atoms with Gasteiger partial charge in [0.05, 0.1) is 16.4 Å². The normalized spacial score (nSPS) is 10.8. The molecular formula is C21H24N4O3S. The zero-order valence-corrected chi connectivity index (χ0v) is 17.8. The lowest BCUT2D eigenvalue weighted by Crippen LogP contribution is -2.25. The predicted octanol–water partition coefficient (Wildman–Crippen LogP) is 3.98. The monoisotopic (exact) mass is 412 g/mol. The molecule has 0 aliphatic rings. The van der Waals surface area contributed by atoms with Gasteiger partial charge in [-0.3, -0.25) is 9.59 Å². The summed E-state index contributed by atoms with van der Waals surface area (Å²) in [7, 11) is 0. The lowest BCUT2D eigenvalue weighted by atomic mass is 10.1. The molecule has 3 rings (SSSR count). The fraction of sp³-hybridized carbons (Fsp3) is 0.333. The van der Waals surface area contributed by atoms with Crippen molar-refractivity contribution in [2.75, 3.05) is 11.9 Å². The molecule has 0 unspecified atom stereocenters. The number of amides is 2. The number of carbonyl (C=O) groups excluding carboxylic acids is 2. The van der Waals surface area contributed by atoms with Crippen molar-refractivity contribution in [3.05, 3.63) is 62.4 Å². The molecule has 0 bridgehead atoms. The highest BCUT2D eigenvalue weighted by Gasteiger charge is 2.14. The molecule has 2 aromatic heterocycles. The van der Waals surface area contributed by atoms with E-state index in [0.717, 1.165) is 29.1 Å². The molecule has 1 aromatic carbocycles. The first kappa shape index (κ1) is 20.7. The largest absolute Gasteiger partial charge is 0.352 e. The summed E-state index contributed by atoms with van der Waals surface area (Å²) in [5.41, 5.74) is 3.60. The number of aryl methyl sites for hydroxylation is 5. The van der Waals surface area contributed by atoms with E-state index in [9.17, 15) is 9.59 Å². The Morgan fingerprint density at radius 3 is 2.55 bits per heavy atom. The van der Waals surface area contributed by atoms with Crippen LogP contribution in [0.5, 0.6) is 0 Å². The van der Waals surface area contributed by atoms with E-state index in [1.54, 1.807) is 42.5 Å². The molecule has 0 saturated carbocycles. The highest BCUT2D eigenvalue weighted by atomic mass is 32.1. The standard InChI is InChI=1S/C21H24N4O3S/c1-12-7-8-16(11-17(12)24-21(27)18-10-13(2)25-28-18)20(26)22-9-5-6-19-23-14(3)15(4)29-19/h7-8,10-11H,5-6,9H2,1-4H3,(H,22,26)(H,24,27). The Morgan fingerprint density at radius 1 is 1.10 bits per heavy atom. The van der Waals surface area contributed by atoms with Crippen LogP contribution in [0.1, 0.15) is 54.2 Å². The minimum Gasteiger partial charge on any atom is -0.352 e. The molecule has 0 aliphatic carbocycles. The highest BCUT2D eigenvalue weighted by Crippen LogP contribution is 2.19. The van der Waals surface area contributed by atoms with E-state index in [4.69, 9.17) is 4.52 Å². The van der Waals surface area contributed by atoms with Crippen LogP contribution in [0.15, 0.2) is 28.8 Å². The molecule has 8 heteroatoms. The van der Waals surface area contributed by atoms with Crippen molar-refractivity contribution < 1.29 is 14.1 Å². The van der Waals surface area contributed by atoms with E-state index in [2.05, 4.69) is 27.7 Å². The molecule has 2 heterocycles. The molecule has 3 aromatic rings. The average molecular weight is 413 g/mol. The third kappa shape index (κ3) is 5.29. The van der Waals surface area contributed by atoms with E-state index in [-0.39, 0.29) is 11.7 Å². The van der Waals surface area contributed by atoms with Crippen LogP contribution in [-0.4, -0.2) is 28.5 Å². The van der Waals surface area contributed by atoms with E-state index in [1.807, 2.05) is 13.8 Å². The number of nitrogens with one attached hydrogen (secondary N) is 2. The fourth-order valence-electron chi connectivity index (χ4n) is 2.74. The summed E-state index contributed by atoms with van der Waals surface area (Å²) in [5.74, 6) is -0.452. The highest BCUT2D eigenvalue weighted by molar-refractivity contribution is 7.11. The lowest BCUT2D eigenvalue weighted by molar-refractivity contribution is 0.0950. The summed E-state index contributed by atoms with van der Waals surface area (Å²) < 4.78 is 4.98. The first-order valence-electron chi connectivity index (χ1n) is 9.40. The molecule has 0 radical (unpaired) electrons. The van der Waals surface area contributed by atoms with Crippen molar-refractivity contribution in [3.63, 3.8) is 0 Å². The molecular weight excluding hydrogens is 388 g/mol. The second kappa shape index (κ2) is 9.00. The van der Waals surface area contributed by atoms with Crippen LogP contribution in [0, 0.1) is 27.7 Å². The van der Waals surface area contributed by atoms with Gasteiger partial charge in [0.1, 0.15) is 0 Å². The Bertz CT molecular complexity index is 1020. The van der Waals surface area contributed by atoms with Crippen LogP contribution in [0.4, 0.5) is 5.69 Å². The van der Waals surface area contributed by atoms with Crippen LogP contribution < -0.4 is 10.6 Å². The van der Waals surface area contributed by atoms with E-state index in [1.165, 1.54) is 4.88 Å². The minimum absolute atomic E-state index is 0.129. The van der Waals surface area contributed by atoms with Crippen molar-refractivity contribution in [2.45, 2.75) is 40.5 Å². The molecule has 2 amide bonds. The average Bonchev–Trinajstić information content (AvgIpc) is 3.25. The SMILES string of the molecule is Cc1cc(C(=O)Nc2cc(C(=O)NCCCc3nc(C)c(C)s3)ccc2C)on1. The number of aromatic nitrogens is 2. The van der Waals surface area contributed by atoms with Crippen LogP contribution in [-0.2, 0) is 6.42 Å².